The van der Waals surface area contributed by atoms with Gasteiger partial charge in [-0.2, -0.15) is 0 Å². The van der Waals surface area contributed by atoms with E-state index in [0.717, 1.165) is 0 Å². The third kappa shape index (κ3) is 15.4. The maximum absolute atomic E-state index is 10.1. The first-order chi connectivity index (χ1) is 6.81. The Bertz CT molecular complexity index is 233. The van der Waals surface area contributed by atoms with Crippen LogP contribution in [0.15, 0.2) is 11.6 Å². The van der Waals surface area contributed by atoms with Gasteiger partial charge in [-0.3, -0.25) is 9.59 Å². The normalized spacial score (nSPS) is 10.7. The van der Waals surface area contributed by atoms with Crippen molar-refractivity contribution >= 4 is 11.9 Å². The van der Waals surface area contributed by atoms with Crippen molar-refractivity contribution < 1.29 is 14.7 Å². The molecule has 0 fully saturated rings. The largest absolute Gasteiger partial charge is 0.480 e. The number of allylic oxidation sites excluding steroid dienone is 2. The fourth-order valence-electron chi connectivity index (χ4n) is 0.421. The van der Waals surface area contributed by atoms with Crippen LogP contribution in [0, 0.1) is 0 Å². The molecule has 1 atom stereocenters. The van der Waals surface area contributed by atoms with Crippen LogP contribution >= 0.6 is 0 Å². The maximum atomic E-state index is 10.1. The van der Waals surface area contributed by atoms with Crippen molar-refractivity contribution in [2.24, 2.45) is 11.5 Å². The second kappa shape index (κ2) is 9.21. The minimum atomic E-state index is -1.11. The molecule has 0 aliphatic heterocycles. The number of carbonyl (C=O) groups is 2. The van der Waals surface area contributed by atoms with E-state index in [1.54, 1.807) is 0 Å². The molecule has 0 spiro atoms. The van der Waals surface area contributed by atoms with E-state index in [1.807, 2.05) is 6.92 Å². The van der Waals surface area contributed by atoms with Crippen molar-refractivity contribution in [3.8, 4) is 0 Å². The van der Waals surface area contributed by atoms with Gasteiger partial charge in [0.2, 0.25) is 5.91 Å². The Morgan fingerprint density at radius 1 is 1.40 bits per heavy atom. The fraction of sp³-hybridized carbons (Fsp3) is 0.600. The minimum absolute atomic E-state index is 0.0213. The van der Waals surface area contributed by atoms with Crippen LogP contribution in [-0.4, -0.2) is 23.0 Å². The van der Waals surface area contributed by atoms with Gasteiger partial charge in [0, 0.05) is 6.42 Å². The Labute approximate surface area is 90.1 Å². The van der Waals surface area contributed by atoms with Crippen LogP contribution in [0.25, 0.3) is 0 Å². The second-order valence-electron chi connectivity index (χ2n) is 3.32. The zero-order valence-electron chi connectivity index (χ0n) is 9.49. The van der Waals surface area contributed by atoms with Gasteiger partial charge in [0.15, 0.2) is 0 Å². The molecule has 0 radical (unpaired) electrons. The lowest BCUT2D eigenvalue weighted by molar-refractivity contribution is -0.138. The Morgan fingerprint density at radius 2 is 1.80 bits per heavy atom. The van der Waals surface area contributed by atoms with Crippen LogP contribution in [0.2, 0.25) is 0 Å². The van der Waals surface area contributed by atoms with Gasteiger partial charge in [0.1, 0.15) is 6.04 Å². The van der Waals surface area contributed by atoms with Crippen molar-refractivity contribution in [3.05, 3.63) is 11.6 Å². The summed E-state index contributed by atoms with van der Waals surface area (Å²) in [7, 11) is 0. The van der Waals surface area contributed by atoms with Gasteiger partial charge in [-0.25, -0.2) is 0 Å². The zero-order chi connectivity index (χ0) is 12.4. The molecule has 0 bridgehead atoms. The zero-order valence-corrected chi connectivity index (χ0v) is 9.49. The first kappa shape index (κ1) is 16.1. The highest BCUT2D eigenvalue weighted by Gasteiger charge is 2.11. The molecule has 15 heavy (non-hydrogen) atoms. The lowest BCUT2D eigenvalue weighted by atomic mass is 10.2. The van der Waals surface area contributed by atoms with E-state index in [2.05, 4.69) is 19.9 Å². The number of hydrogen-bond acceptors (Lipinski definition) is 3. The molecule has 0 saturated heterocycles. The molecule has 0 heterocycles. The van der Waals surface area contributed by atoms with Gasteiger partial charge in [-0.1, -0.05) is 11.6 Å². The van der Waals surface area contributed by atoms with Gasteiger partial charge >= 0.3 is 5.97 Å². The van der Waals surface area contributed by atoms with Crippen LogP contribution in [0.5, 0.6) is 0 Å². The number of amides is 1. The molecule has 0 saturated carbocycles. The number of hydrogen-bond donors (Lipinski definition) is 3. The Hall–Kier alpha value is -1.36. The number of aliphatic carboxylic acids is 1. The summed E-state index contributed by atoms with van der Waals surface area (Å²) in [6.45, 7) is 6.20. The smallest absolute Gasteiger partial charge is 0.320 e. The molecule has 5 N–H and O–H groups in total. The molecular weight excluding hydrogens is 196 g/mol. The van der Waals surface area contributed by atoms with Gasteiger partial charge in [0.05, 0.1) is 0 Å². The SMILES string of the molecule is CC=C(C)C.NC(=O)CCC(N)C(=O)O. The first-order valence-electron chi connectivity index (χ1n) is 4.67. The molecule has 88 valence electrons. The number of primary amides is 1. The minimum Gasteiger partial charge on any atom is -0.480 e. The van der Waals surface area contributed by atoms with E-state index in [4.69, 9.17) is 16.6 Å². The summed E-state index contributed by atoms with van der Waals surface area (Å²) < 4.78 is 0. The van der Waals surface area contributed by atoms with Crippen LogP contribution < -0.4 is 11.5 Å². The summed E-state index contributed by atoms with van der Waals surface area (Å²) in [5.41, 5.74) is 11.2. The van der Waals surface area contributed by atoms with E-state index in [-0.39, 0.29) is 12.8 Å². The van der Waals surface area contributed by atoms with E-state index in [0.29, 0.717) is 0 Å². The highest BCUT2D eigenvalue weighted by molar-refractivity contribution is 5.76. The Balaban J connectivity index is 0. The van der Waals surface area contributed by atoms with Crippen molar-refractivity contribution in [2.75, 3.05) is 0 Å². The summed E-state index contributed by atoms with van der Waals surface area (Å²) in [4.78, 5) is 20.1. The molecule has 1 unspecified atom stereocenters. The molecule has 5 nitrogen and oxygen atoms in total. The first-order valence-corrected chi connectivity index (χ1v) is 4.67. The highest BCUT2D eigenvalue weighted by Crippen LogP contribution is 1.92. The Morgan fingerprint density at radius 3 is 2.00 bits per heavy atom. The summed E-state index contributed by atoms with van der Waals surface area (Å²) in [6.07, 6.45) is 2.21. The van der Waals surface area contributed by atoms with Gasteiger partial charge in [0.25, 0.3) is 0 Å². The third-order valence-corrected chi connectivity index (χ3v) is 1.60. The van der Waals surface area contributed by atoms with Crippen LogP contribution in [0.4, 0.5) is 0 Å². The highest BCUT2D eigenvalue weighted by atomic mass is 16.4. The molecule has 0 aromatic carbocycles. The van der Waals surface area contributed by atoms with Crippen molar-refractivity contribution in [1.82, 2.24) is 0 Å². The Kier molecular flexibility index (Phi) is 9.87. The lowest BCUT2D eigenvalue weighted by Gasteiger charge is -2.01. The average molecular weight is 216 g/mol. The molecular formula is C10H20N2O3. The number of carbonyl (C=O) groups excluding carboxylic acids is 1. The van der Waals surface area contributed by atoms with Crippen molar-refractivity contribution in [1.29, 1.82) is 0 Å². The van der Waals surface area contributed by atoms with Crippen molar-refractivity contribution in [3.63, 3.8) is 0 Å². The van der Waals surface area contributed by atoms with E-state index in [1.165, 1.54) is 5.57 Å². The van der Waals surface area contributed by atoms with Gasteiger partial charge in [-0.15, -0.1) is 0 Å². The standard InChI is InChI=1S/C5H10N2O3.C5H10/c6-3(5(9)10)1-2-4(7)8;1-4-5(2)3/h3H,1-2,6H2,(H2,7,8)(H,9,10);4H,1-3H3. The number of carboxylic acids is 1. The molecule has 0 aromatic rings. The fourth-order valence-corrected chi connectivity index (χ4v) is 0.421. The summed E-state index contributed by atoms with van der Waals surface area (Å²) in [5, 5.41) is 8.22. The van der Waals surface area contributed by atoms with E-state index >= 15 is 0 Å². The maximum Gasteiger partial charge on any atom is 0.320 e. The lowest BCUT2D eigenvalue weighted by Crippen LogP contribution is -2.31. The summed E-state index contributed by atoms with van der Waals surface area (Å²) in [5.74, 6) is -1.64. The number of nitrogens with two attached hydrogens (primary N) is 2. The quantitative estimate of drug-likeness (QED) is 0.599. The van der Waals surface area contributed by atoms with Gasteiger partial charge in [-0.05, 0) is 27.2 Å². The number of rotatable bonds is 4. The second-order valence-corrected chi connectivity index (χ2v) is 3.32. The molecule has 5 heteroatoms. The predicted octanol–water partition coefficient (Wildman–Crippen LogP) is 0.636. The molecule has 1 amide bonds. The molecule has 0 rings (SSSR count). The van der Waals surface area contributed by atoms with Crippen LogP contribution in [0.1, 0.15) is 33.6 Å². The summed E-state index contributed by atoms with van der Waals surface area (Å²) in [6, 6.07) is -0.979. The van der Waals surface area contributed by atoms with E-state index in [9.17, 15) is 9.59 Å². The average Bonchev–Trinajstić information content (AvgIpc) is 2.14. The van der Waals surface area contributed by atoms with Crippen molar-refractivity contribution in [2.45, 2.75) is 39.7 Å². The summed E-state index contributed by atoms with van der Waals surface area (Å²) >= 11 is 0. The molecule has 0 aromatic heterocycles. The molecule has 0 aliphatic carbocycles. The predicted molar refractivity (Wildman–Crippen MR) is 59.1 cm³/mol. The molecule has 0 aliphatic rings. The number of carboxylic acid groups (broad SMARTS) is 1. The van der Waals surface area contributed by atoms with E-state index < -0.39 is 17.9 Å². The third-order valence-electron chi connectivity index (χ3n) is 1.60. The van der Waals surface area contributed by atoms with Crippen LogP contribution in [-0.2, 0) is 9.59 Å². The monoisotopic (exact) mass is 216 g/mol. The topological polar surface area (TPSA) is 106 Å². The van der Waals surface area contributed by atoms with Gasteiger partial charge < -0.3 is 16.6 Å². The van der Waals surface area contributed by atoms with Crippen LogP contribution in [0.3, 0.4) is 0 Å².